The number of allylic oxidation sites excluding steroid dienone is 2. The Bertz CT molecular complexity index is 1460. The Morgan fingerprint density at radius 1 is 1.33 bits per heavy atom. The zero-order chi connectivity index (χ0) is 26.6. The second-order valence-electron chi connectivity index (χ2n) is 8.33. The summed E-state index contributed by atoms with van der Waals surface area (Å²) in [5.74, 6) is -1.91. The van der Waals surface area contributed by atoms with Crippen LogP contribution in [0.5, 0.6) is 0 Å². The molecule has 0 fully saturated rings. The molecule has 2 aromatic heterocycles. The highest BCUT2D eigenvalue weighted by atomic mass is 35.5. The van der Waals surface area contributed by atoms with Crippen LogP contribution in [0, 0.1) is 12.7 Å². The summed E-state index contributed by atoms with van der Waals surface area (Å²) in [6.07, 6.45) is 7.54. The van der Waals surface area contributed by atoms with Crippen molar-refractivity contribution in [1.29, 1.82) is 0 Å². The van der Waals surface area contributed by atoms with Crippen molar-refractivity contribution in [2.24, 2.45) is 12.0 Å². The summed E-state index contributed by atoms with van der Waals surface area (Å²) >= 11 is 6.44. The van der Waals surface area contributed by atoms with E-state index in [4.69, 9.17) is 11.6 Å². The van der Waals surface area contributed by atoms with E-state index in [0.29, 0.717) is 17.7 Å². The van der Waals surface area contributed by atoms with Gasteiger partial charge in [-0.3, -0.25) is 23.2 Å². The zero-order valence-corrected chi connectivity index (χ0v) is 22.2. The predicted octanol–water partition coefficient (Wildman–Crippen LogP) is 5.56. The van der Waals surface area contributed by atoms with Crippen molar-refractivity contribution in [3.8, 4) is 0 Å². The number of hydrogen-bond donors (Lipinski definition) is 0. The Morgan fingerprint density at radius 2 is 2.06 bits per heavy atom. The second-order valence-corrected chi connectivity index (χ2v) is 10.1. The molecule has 36 heavy (non-hydrogen) atoms. The van der Waals surface area contributed by atoms with Gasteiger partial charge in [-0.05, 0) is 56.0 Å². The average Bonchev–Trinajstić information content (AvgIpc) is 3.24. The van der Waals surface area contributed by atoms with E-state index in [1.807, 2.05) is 26.2 Å². The minimum Gasteiger partial charge on any atom is -0.284 e. The molecule has 3 rings (SSSR count). The first-order chi connectivity index (χ1) is 17.0. The van der Waals surface area contributed by atoms with Gasteiger partial charge in [0.05, 0.1) is 27.6 Å². The van der Waals surface area contributed by atoms with Crippen LogP contribution >= 0.6 is 11.6 Å². The van der Waals surface area contributed by atoms with Crippen molar-refractivity contribution in [1.82, 2.24) is 14.3 Å². The molecule has 0 amide bonds. The number of aryl methyl sites for hydroxylation is 2. The van der Waals surface area contributed by atoms with Crippen LogP contribution in [-0.2, 0) is 24.3 Å². The lowest BCUT2D eigenvalue weighted by molar-refractivity contribution is 0.591. The van der Waals surface area contributed by atoms with Gasteiger partial charge < -0.3 is 0 Å². The molecular weight excluding hydrogens is 506 g/mol. The molecule has 0 spiro atoms. The van der Waals surface area contributed by atoms with E-state index in [-0.39, 0.29) is 27.1 Å². The molecule has 0 saturated heterocycles. The summed E-state index contributed by atoms with van der Waals surface area (Å²) in [7, 11) is 0.201. The van der Waals surface area contributed by atoms with Gasteiger partial charge in [-0.1, -0.05) is 30.7 Å². The van der Waals surface area contributed by atoms with Crippen molar-refractivity contribution >= 4 is 34.3 Å². The Balaban J connectivity index is 2.07. The fourth-order valence-corrected chi connectivity index (χ4v) is 4.73. The van der Waals surface area contributed by atoms with Crippen LogP contribution in [0.15, 0.2) is 69.3 Å². The Kier molecular flexibility index (Phi) is 8.92. The minimum atomic E-state index is -1.62. The van der Waals surface area contributed by atoms with Crippen LogP contribution in [0.2, 0.25) is 5.02 Å². The third-order valence-electron chi connectivity index (χ3n) is 5.57. The highest BCUT2D eigenvalue weighted by Gasteiger charge is 2.21. The molecule has 0 aliphatic carbocycles. The van der Waals surface area contributed by atoms with Gasteiger partial charge in [-0.2, -0.15) is 5.10 Å². The molecule has 0 aliphatic heterocycles. The van der Waals surface area contributed by atoms with Crippen molar-refractivity contribution in [2.45, 2.75) is 38.0 Å². The van der Waals surface area contributed by atoms with Gasteiger partial charge in [0.1, 0.15) is 16.6 Å². The van der Waals surface area contributed by atoms with Crippen LogP contribution in [0.1, 0.15) is 42.3 Å². The summed E-state index contributed by atoms with van der Waals surface area (Å²) < 4.78 is 45.3. The molecule has 6 nitrogen and oxygen atoms in total. The van der Waals surface area contributed by atoms with Crippen LogP contribution in [-0.4, -0.2) is 30.5 Å². The van der Waals surface area contributed by atoms with E-state index in [9.17, 15) is 9.00 Å². The first kappa shape index (κ1) is 27.4. The molecule has 0 aliphatic rings. The fourth-order valence-electron chi connectivity index (χ4n) is 3.76. The lowest BCUT2D eigenvalue weighted by atomic mass is 9.96. The third kappa shape index (κ3) is 5.96. The molecule has 10 heteroatoms. The first-order valence-corrected chi connectivity index (χ1v) is 13.1. The number of halogens is 3. The number of hydrogen-bond acceptors (Lipinski definition) is 4. The zero-order valence-electron chi connectivity index (χ0n) is 20.6. The highest BCUT2D eigenvalue weighted by Crippen LogP contribution is 2.27. The van der Waals surface area contributed by atoms with Gasteiger partial charge >= 0.3 is 0 Å². The van der Waals surface area contributed by atoms with Gasteiger partial charge in [0, 0.05) is 37.0 Å². The summed E-state index contributed by atoms with van der Waals surface area (Å²) in [5.41, 5.74) is 0.804. The Labute approximate surface area is 216 Å². The summed E-state index contributed by atoms with van der Waals surface area (Å²) in [4.78, 5) is 17.1. The van der Waals surface area contributed by atoms with E-state index in [1.54, 1.807) is 30.7 Å². The molecule has 2 atom stereocenters. The molecular formula is C26H27ClF2N4O2S. The van der Waals surface area contributed by atoms with E-state index >= 15 is 8.78 Å². The molecule has 1 aromatic carbocycles. The molecule has 2 unspecified atom stereocenters. The van der Waals surface area contributed by atoms with Crippen molar-refractivity contribution in [3.05, 3.63) is 98.3 Å². The molecule has 3 aromatic rings. The minimum absolute atomic E-state index is 0.0328. The number of aliphatic imine (C=N–C) groups is 1. The lowest BCUT2D eigenvalue weighted by Gasteiger charge is -2.16. The summed E-state index contributed by atoms with van der Waals surface area (Å²) in [6, 6.07) is 7.80. The number of rotatable bonds is 8. The number of pyridine rings is 1. The first-order valence-electron chi connectivity index (χ1n) is 11.1. The highest BCUT2D eigenvalue weighted by molar-refractivity contribution is 7.84. The quantitative estimate of drug-likeness (QED) is 0.357. The SMILES string of the molecule is C/C=C/N=C(/C(F)=C/n1c(C)cc(C(C)Cc2ccn(C)n2)c(Cl)c1=O)c1cccc(S(C)=O)c1F. The van der Waals surface area contributed by atoms with Crippen LogP contribution in [0.4, 0.5) is 8.78 Å². The summed E-state index contributed by atoms with van der Waals surface area (Å²) in [5, 5.41) is 4.33. The van der Waals surface area contributed by atoms with Crippen LogP contribution in [0.25, 0.3) is 6.20 Å². The number of nitrogens with zero attached hydrogens (tertiary/aromatic N) is 4. The molecule has 0 saturated carbocycles. The Hall–Kier alpha value is -3.17. The van der Waals surface area contributed by atoms with Gasteiger partial charge in [0.25, 0.3) is 5.56 Å². The van der Waals surface area contributed by atoms with E-state index in [1.165, 1.54) is 30.7 Å². The number of benzene rings is 1. The van der Waals surface area contributed by atoms with Gasteiger partial charge in [0.2, 0.25) is 0 Å². The van der Waals surface area contributed by atoms with Crippen LogP contribution in [0.3, 0.4) is 0 Å². The summed E-state index contributed by atoms with van der Waals surface area (Å²) in [6.45, 7) is 5.27. The molecule has 0 bridgehead atoms. The topological polar surface area (TPSA) is 69.2 Å². The Morgan fingerprint density at radius 3 is 2.67 bits per heavy atom. The monoisotopic (exact) mass is 532 g/mol. The normalized spacial score (nSPS) is 14.4. The smallest absolute Gasteiger partial charge is 0.273 e. The maximum Gasteiger partial charge on any atom is 0.273 e. The standard InChI is InChI=1S/C26H27ClF2N4O2S/c1-6-11-30-25(19-8-7-9-22(24(19)29)36(5)35)21(28)15-33-17(3)14-20(23(27)26(33)34)16(2)13-18-10-12-32(4)31-18/h6-12,14-16H,13H2,1-5H3/b11-6+,21-15-,30-25+. The maximum atomic E-state index is 15.6. The largest absolute Gasteiger partial charge is 0.284 e. The molecule has 2 heterocycles. The van der Waals surface area contributed by atoms with Crippen molar-refractivity contribution in [3.63, 3.8) is 0 Å². The number of aromatic nitrogens is 3. The van der Waals surface area contributed by atoms with Gasteiger partial charge in [-0.15, -0.1) is 0 Å². The third-order valence-corrected chi connectivity index (χ3v) is 6.88. The second kappa shape index (κ2) is 11.7. The van der Waals surface area contributed by atoms with E-state index in [2.05, 4.69) is 10.1 Å². The van der Waals surface area contributed by atoms with Gasteiger partial charge in [0.15, 0.2) is 5.83 Å². The van der Waals surface area contributed by atoms with Crippen LogP contribution < -0.4 is 5.56 Å². The average molecular weight is 533 g/mol. The lowest BCUT2D eigenvalue weighted by Crippen LogP contribution is -2.22. The molecule has 0 N–H and O–H groups in total. The van der Waals surface area contributed by atoms with Crippen molar-refractivity contribution in [2.75, 3.05) is 6.26 Å². The van der Waals surface area contributed by atoms with E-state index < -0.39 is 28.0 Å². The molecule has 0 radical (unpaired) electrons. The fraction of sp³-hybridized carbons (Fsp3) is 0.269. The predicted molar refractivity (Wildman–Crippen MR) is 141 cm³/mol. The van der Waals surface area contributed by atoms with E-state index in [0.717, 1.165) is 16.5 Å². The molecule has 190 valence electrons. The maximum absolute atomic E-state index is 15.6. The van der Waals surface area contributed by atoms with Gasteiger partial charge in [-0.25, -0.2) is 8.78 Å². The van der Waals surface area contributed by atoms with Crippen molar-refractivity contribution < 1.29 is 13.0 Å².